The molecule has 106 valence electrons. The van der Waals surface area contributed by atoms with Crippen molar-refractivity contribution in [2.24, 2.45) is 0 Å². The van der Waals surface area contributed by atoms with E-state index in [2.05, 4.69) is 0 Å². The average Bonchev–Trinajstić information content (AvgIpc) is 2.38. The molecule has 0 aromatic heterocycles. The van der Waals surface area contributed by atoms with Crippen molar-refractivity contribution in [1.29, 1.82) is 0 Å². The molecule has 1 unspecified atom stereocenters. The maximum Gasteiger partial charge on any atom is 0.191 e. The Kier molecular flexibility index (Phi) is 6.19. The second kappa shape index (κ2) is 7.41. The highest BCUT2D eigenvalue weighted by Gasteiger charge is 2.19. The molecule has 19 heavy (non-hydrogen) atoms. The zero-order valence-corrected chi connectivity index (χ0v) is 12.3. The first-order valence-corrected chi connectivity index (χ1v) is 6.79. The number of rotatable bonds is 7. The molecule has 0 radical (unpaired) electrons. The lowest BCUT2D eigenvalue weighted by atomic mass is 10.0. The van der Waals surface area contributed by atoms with Crippen molar-refractivity contribution in [2.75, 3.05) is 13.2 Å². The minimum atomic E-state index is -0.383. The molecule has 3 heteroatoms. The Morgan fingerprint density at radius 1 is 1.16 bits per heavy atom. The number of hydrogen-bond donors (Lipinski definition) is 0. The molecule has 0 saturated carbocycles. The number of ether oxygens (including phenoxy) is 2. The van der Waals surface area contributed by atoms with E-state index in [4.69, 9.17) is 9.47 Å². The first kappa shape index (κ1) is 15.9. The molecule has 0 spiro atoms. The van der Waals surface area contributed by atoms with Gasteiger partial charge in [0.1, 0.15) is 6.10 Å². The van der Waals surface area contributed by atoms with Gasteiger partial charge in [0.2, 0.25) is 0 Å². The second-order valence-corrected chi connectivity index (χ2v) is 5.46. The van der Waals surface area contributed by atoms with Gasteiger partial charge in [0.15, 0.2) is 5.78 Å². The molecule has 0 fully saturated rings. The molecular formula is C16H24O3. The standard InChI is InChI=1S/C16H24O3/c1-5-14(18-11-12-19-16(2,3)4)15(17)13-9-7-6-8-10-13/h6-10,14H,5,11-12H2,1-4H3. The SMILES string of the molecule is CCC(OCCOC(C)(C)C)C(=O)c1ccccc1. The van der Waals surface area contributed by atoms with Gasteiger partial charge in [-0.25, -0.2) is 0 Å². The summed E-state index contributed by atoms with van der Waals surface area (Å²) in [6.45, 7) is 8.89. The summed E-state index contributed by atoms with van der Waals surface area (Å²) in [5.41, 5.74) is 0.528. The number of ketones is 1. The van der Waals surface area contributed by atoms with E-state index in [-0.39, 0.29) is 17.5 Å². The van der Waals surface area contributed by atoms with Gasteiger partial charge in [-0.1, -0.05) is 37.3 Å². The van der Waals surface area contributed by atoms with Gasteiger partial charge in [-0.15, -0.1) is 0 Å². The van der Waals surface area contributed by atoms with Crippen molar-refractivity contribution in [2.45, 2.75) is 45.8 Å². The summed E-state index contributed by atoms with van der Waals surface area (Å²) in [6, 6.07) is 9.26. The van der Waals surface area contributed by atoms with Gasteiger partial charge in [-0.2, -0.15) is 0 Å². The van der Waals surface area contributed by atoms with Gasteiger partial charge in [-0.3, -0.25) is 4.79 Å². The van der Waals surface area contributed by atoms with Crippen molar-refractivity contribution in [3.63, 3.8) is 0 Å². The molecule has 1 aromatic rings. The Hall–Kier alpha value is -1.19. The van der Waals surface area contributed by atoms with Crippen LogP contribution >= 0.6 is 0 Å². The molecule has 0 bridgehead atoms. The Morgan fingerprint density at radius 3 is 2.32 bits per heavy atom. The van der Waals surface area contributed by atoms with Crippen LogP contribution in [0.25, 0.3) is 0 Å². The topological polar surface area (TPSA) is 35.5 Å². The van der Waals surface area contributed by atoms with Gasteiger partial charge in [0.05, 0.1) is 18.8 Å². The quantitative estimate of drug-likeness (QED) is 0.558. The number of carbonyl (C=O) groups is 1. The first-order chi connectivity index (χ1) is 8.94. The van der Waals surface area contributed by atoms with Crippen LogP contribution in [0.1, 0.15) is 44.5 Å². The average molecular weight is 264 g/mol. The molecule has 1 atom stereocenters. The van der Waals surface area contributed by atoms with E-state index >= 15 is 0 Å². The number of carbonyl (C=O) groups excluding carboxylic acids is 1. The highest BCUT2D eigenvalue weighted by molar-refractivity contribution is 5.99. The van der Waals surface area contributed by atoms with Crippen LogP contribution in [0.4, 0.5) is 0 Å². The van der Waals surface area contributed by atoms with Crippen LogP contribution < -0.4 is 0 Å². The summed E-state index contributed by atoms with van der Waals surface area (Å²) in [6.07, 6.45) is 0.287. The van der Waals surface area contributed by atoms with Crippen LogP contribution in [0.2, 0.25) is 0 Å². The fraction of sp³-hybridized carbons (Fsp3) is 0.562. The predicted octanol–water partition coefficient (Wildman–Crippen LogP) is 3.48. The van der Waals surface area contributed by atoms with Crippen LogP contribution in [0, 0.1) is 0 Å². The second-order valence-electron chi connectivity index (χ2n) is 5.46. The molecule has 0 saturated heterocycles. The molecule has 1 aromatic carbocycles. The van der Waals surface area contributed by atoms with Crippen molar-refractivity contribution >= 4 is 5.78 Å². The fourth-order valence-corrected chi connectivity index (χ4v) is 1.71. The van der Waals surface area contributed by atoms with E-state index in [0.717, 1.165) is 0 Å². The summed E-state index contributed by atoms with van der Waals surface area (Å²) < 4.78 is 11.2. The minimum absolute atomic E-state index is 0.0406. The summed E-state index contributed by atoms with van der Waals surface area (Å²) in [7, 11) is 0. The lowest BCUT2D eigenvalue weighted by molar-refractivity contribution is -0.0465. The van der Waals surface area contributed by atoms with Gasteiger partial charge >= 0.3 is 0 Å². The number of benzene rings is 1. The molecule has 1 rings (SSSR count). The van der Waals surface area contributed by atoms with E-state index in [0.29, 0.717) is 25.2 Å². The van der Waals surface area contributed by atoms with E-state index in [1.165, 1.54) is 0 Å². The summed E-state index contributed by atoms with van der Waals surface area (Å²) in [4.78, 5) is 12.2. The Bertz CT molecular complexity index is 379. The number of hydrogen-bond acceptors (Lipinski definition) is 3. The van der Waals surface area contributed by atoms with E-state index in [9.17, 15) is 4.79 Å². The monoisotopic (exact) mass is 264 g/mol. The lowest BCUT2D eigenvalue weighted by Crippen LogP contribution is -2.27. The maximum absolute atomic E-state index is 12.2. The zero-order valence-electron chi connectivity index (χ0n) is 12.3. The summed E-state index contributed by atoms with van der Waals surface area (Å²) >= 11 is 0. The van der Waals surface area contributed by atoms with Gasteiger partial charge in [0.25, 0.3) is 0 Å². The third-order valence-electron chi connectivity index (χ3n) is 2.66. The molecule has 3 nitrogen and oxygen atoms in total. The smallest absolute Gasteiger partial charge is 0.191 e. The van der Waals surface area contributed by atoms with Crippen molar-refractivity contribution < 1.29 is 14.3 Å². The summed E-state index contributed by atoms with van der Waals surface area (Å²) in [5, 5.41) is 0. The highest BCUT2D eigenvalue weighted by Crippen LogP contribution is 2.10. The molecule has 0 aliphatic heterocycles. The predicted molar refractivity (Wildman–Crippen MR) is 76.5 cm³/mol. The Balaban J connectivity index is 2.44. The van der Waals surface area contributed by atoms with Crippen LogP contribution in [-0.2, 0) is 9.47 Å². The van der Waals surface area contributed by atoms with Crippen molar-refractivity contribution in [3.8, 4) is 0 Å². The molecular weight excluding hydrogens is 240 g/mol. The van der Waals surface area contributed by atoms with Gasteiger partial charge in [-0.05, 0) is 27.2 Å². The van der Waals surface area contributed by atoms with Crippen molar-refractivity contribution in [3.05, 3.63) is 35.9 Å². The third kappa shape index (κ3) is 5.99. The normalized spacial score (nSPS) is 13.3. The van der Waals surface area contributed by atoms with Crippen LogP contribution in [0.15, 0.2) is 30.3 Å². The minimum Gasteiger partial charge on any atom is -0.373 e. The maximum atomic E-state index is 12.2. The largest absolute Gasteiger partial charge is 0.373 e. The third-order valence-corrected chi connectivity index (χ3v) is 2.66. The Labute approximate surface area is 115 Å². The molecule has 0 amide bonds. The first-order valence-electron chi connectivity index (χ1n) is 6.79. The zero-order chi connectivity index (χ0) is 14.3. The van der Waals surface area contributed by atoms with E-state index in [1.807, 2.05) is 58.0 Å². The Morgan fingerprint density at radius 2 is 1.79 bits per heavy atom. The van der Waals surface area contributed by atoms with E-state index < -0.39 is 0 Å². The van der Waals surface area contributed by atoms with Crippen molar-refractivity contribution in [1.82, 2.24) is 0 Å². The molecule has 0 N–H and O–H groups in total. The molecule has 0 aliphatic carbocycles. The van der Waals surface area contributed by atoms with Gasteiger partial charge in [0, 0.05) is 5.56 Å². The van der Waals surface area contributed by atoms with Crippen LogP contribution in [0.5, 0.6) is 0 Å². The van der Waals surface area contributed by atoms with Gasteiger partial charge < -0.3 is 9.47 Å². The van der Waals surface area contributed by atoms with Crippen LogP contribution in [-0.4, -0.2) is 30.7 Å². The molecule has 0 heterocycles. The molecule has 0 aliphatic rings. The van der Waals surface area contributed by atoms with E-state index in [1.54, 1.807) is 0 Å². The highest BCUT2D eigenvalue weighted by atomic mass is 16.5. The number of Topliss-reactive ketones (excluding diaryl/α,β-unsaturated/α-hetero) is 1. The fourth-order valence-electron chi connectivity index (χ4n) is 1.71. The van der Waals surface area contributed by atoms with Crippen LogP contribution in [0.3, 0.4) is 0 Å². The lowest BCUT2D eigenvalue weighted by Gasteiger charge is -2.21. The summed E-state index contributed by atoms with van der Waals surface area (Å²) in [5.74, 6) is 0.0406.